The minimum atomic E-state index is -3.27. The number of rotatable bonds is 5. The van der Waals surface area contributed by atoms with Crippen LogP contribution in [0.15, 0.2) is 62.8 Å². The van der Waals surface area contributed by atoms with Gasteiger partial charge in [-0.05, 0) is 48.5 Å². The summed E-state index contributed by atoms with van der Waals surface area (Å²) in [5.74, 6) is 0.582. The molecule has 0 N–H and O–H groups in total. The lowest BCUT2D eigenvalue weighted by atomic mass is 10.2. The molecule has 1 heterocycles. The molecule has 0 unspecified atom stereocenters. The molecule has 2 aromatic carbocycles. The largest absolute Gasteiger partial charge is 0.334 e. The Morgan fingerprint density at radius 3 is 1.92 bits per heavy atom. The predicted molar refractivity (Wildman–Crippen MR) is 96.0 cm³/mol. The maximum absolute atomic E-state index is 11.8. The van der Waals surface area contributed by atoms with Gasteiger partial charge >= 0.3 is 0 Å². The molecule has 26 heavy (non-hydrogen) atoms. The standard InChI is InChI=1S/C17H16N2O5S2/c1-3-26(22,23)15-10-6-13(7-11-15)17-18-16(19-24-17)12-4-8-14(9-5-12)25(2,20)21/h4-11H,3H2,1-2H3. The van der Waals surface area contributed by atoms with Crippen LogP contribution < -0.4 is 0 Å². The van der Waals surface area contributed by atoms with Gasteiger partial charge in [0.25, 0.3) is 5.89 Å². The molecule has 3 aromatic rings. The lowest BCUT2D eigenvalue weighted by Gasteiger charge is -2.01. The lowest BCUT2D eigenvalue weighted by Crippen LogP contribution is -2.03. The molecule has 0 spiro atoms. The first-order valence-corrected chi connectivity index (χ1v) is 11.2. The normalized spacial score (nSPS) is 12.2. The highest BCUT2D eigenvalue weighted by atomic mass is 32.2. The highest BCUT2D eigenvalue weighted by molar-refractivity contribution is 7.91. The smallest absolute Gasteiger partial charge is 0.258 e. The molecule has 0 aliphatic rings. The molecule has 136 valence electrons. The van der Waals surface area contributed by atoms with Crippen molar-refractivity contribution in [3.63, 3.8) is 0 Å². The van der Waals surface area contributed by atoms with Crippen molar-refractivity contribution in [1.29, 1.82) is 0 Å². The van der Waals surface area contributed by atoms with Crippen molar-refractivity contribution in [1.82, 2.24) is 10.1 Å². The monoisotopic (exact) mass is 392 g/mol. The van der Waals surface area contributed by atoms with E-state index in [1.165, 1.54) is 24.3 Å². The first-order valence-electron chi connectivity index (χ1n) is 7.68. The maximum Gasteiger partial charge on any atom is 0.258 e. The maximum atomic E-state index is 11.8. The van der Waals surface area contributed by atoms with Crippen molar-refractivity contribution in [2.24, 2.45) is 0 Å². The Labute approximate surface area is 151 Å². The fraction of sp³-hybridized carbons (Fsp3) is 0.176. The topological polar surface area (TPSA) is 107 Å². The van der Waals surface area contributed by atoms with E-state index in [-0.39, 0.29) is 21.4 Å². The molecule has 0 radical (unpaired) electrons. The van der Waals surface area contributed by atoms with Crippen LogP contribution >= 0.6 is 0 Å². The number of benzene rings is 2. The molecule has 0 aliphatic heterocycles. The molecule has 0 atom stereocenters. The summed E-state index contributed by atoms with van der Waals surface area (Å²) < 4.78 is 51.9. The van der Waals surface area contributed by atoms with Gasteiger partial charge in [0.2, 0.25) is 5.82 Å². The van der Waals surface area contributed by atoms with Crippen molar-refractivity contribution < 1.29 is 21.4 Å². The summed E-state index contributed by atoms with van der Waals surface area (Å²) >= 11 is 0. The van der Waals surface area contributed by atoms with Crippen molar-refractivity contribution >= 4 is 19.7 Å². The minimum absolute atomic E-state index is 0.0283. The average molecular weight is 392 g/mol. The highest BCUT2D eigenvalue weighted by Gasteiger charge is 2.15. The van der Waals surface area contributed by atoms with Gasteiger partial charge in [-0.2, -0.15) is 4.98 Å². The Morgan fingerprint density at radius 1 is 0.846 bits per heavy atom. The first-order chi connectivity index (χ1) is 12.2. The fourth-order valence-corrected chi connectivity index (χ4v) is 3.80. The van der Waals surface area contributed by atoms with Gasteiger partial charge in [-0.1, -0.05) is 12.1 Å². The molecule has 7 nitrogen and oxygen atoms in total. The number of aromatic nitrogens is 2. The second kappa shape index (κ2) is 6.65. The van der Waals surface area contributed by atoms with Crippen LogP contribution in [0.2, 0.25) is 0 Å². The van der Waals surface area contributed by atoms with Crippen LogP contribution in [0.1, 0.15) is 6.92 Å². The van der Waals surface area contributed by atoms with E-state index in [0.29, 0.717) is 17.0 Å². The van der Waals surface area contributed by atoms with E-state index < -0.39 is 19.7 Å². The molecule has 9 heteroatoms. The quantitative estimate of drug-likeness (QED) is 0.657. The van der Waals surface area contributed by atoms with Gasteiger partial charge in [-0.15, -0.1) is 0 Å². The van der Waals surface area contributed by atoms with Gasteiger partial charge < -0.3 is 4.52 Å². The summed E-state index contributed by atoms with van der Waals surface area (Å²) in [6.07, 6.45) is 1.14. The zero-order valence-electron chi connectivity index (χ0n) is 14.1. The van der Waals surface area contributed by atoms with E-state index in [4.69, 9.17) is 4.52 Å². The summed E-state index contributed by atoms with van der Waals surface area (Å²) in [7, 11) is -6.54. The van der Waals surface area contributed by atoms with Gasteiger partial charge in [0.1, 0.15) is 0 Å². The molecule has 0 fully saturated rings. The van der Waals surface area contributed by atoms with Crippen LogP contribution in [0.5, 0.6) is 0 Å². The predicted octanol–water partition coefficient (Wildman–Crippen LogP) is 2.60. The van der Waals surface area contributed by atoms with Crippen molar-refractivity contribution in [3.8, 4) is 22.8 Å². The van der Waals surface area contributed by atoms with Crippen LogP contribution in [0.3, 0.4) is 0 Å². The summed E-state index contributed by atoms with van der Waals surface area (Å²) in [5, 5.41) is 3.89. The third-order valence-corrected chi connectivity index (χ3v) is 6.69. The summed E-state index contributed by atoms with van der Waals surface area (Å²) in [4.78, 5) is 4.72. The van der Waals surface area contributed by atoms with Crippen LogP contribution in [-0.2, 0) is 19.7 Å². The summed E-state index contributed by atoms with van der Waals surface area (Å²) in [6, 6.07) is 12.4. The summed E-state index contributed by atoms with van der Waals surface area (Å²) in [5.41, 5.74) is 1.20. The average Bonchev–Trinajstić information content (AvgIpc) is 3.11. The van der Waals surface area contributed by atoms with Gasteiger partial charge in [0, 0.05) is 17.4 Å². The molecular weight excluding hydrogens is 376 g/mol. The molecule has 0 aliphatic carbocycles. The van der Waals surface area contributed by atoms with Crippen LogP contribution in [0.4, 0.5) is 0 Å². The lowest BCUT2D eigenvalue weighted by molar-refractivity contribution is 0.432. The molecule has 3 rings (SSSR count). The number of hydrogen-bond acceptors (Lipinski definition) is 7. The number of sulfone groups is 2. The second-order valence-corrected chi connectivity index (χ2v) is 9.94. The van der Waals surface area contributed by atoms with E-state index in [9.17, 15) is 16.8 Å². The SMILES string of the molecule is CCS(=O)(=O)c1ccc(-c2nc(-c3ccc(S(C)(=O)=O)cc3)no2)cc1. The Morgan fingerprint density at radius 2 is 1.38 bits per heavy atom. The van der Waals surface area contributed by atoms with Gasteiger partial charge in [-0.3, -0.25) is 0 Å². The van der Waals surface area contributed by atoms with Crippen molar-refractivity contribution in [2.75, 3.05) is 12.0 Å². The van der Waals surface area contributed by atoms with E-state index in [0.717, 1.165) is 6.26 Å². The molecule has 0 bridgehead atoms. The molecule has 0 saturated heterocycles. The molecule has 0 amide bonds. The zero-order chi connectivity index (χ0) is 18.9. The third-order valence-electron chi connectivity index (χ3n) is 3.81. The molecular formula is C17H16N2O5S2. The molecule has 0 saturated carbocycles. The van der Waals surface area contributed by atoms with E-state index in [1.807, 2.05) is 0 Å². The minimum Gasteiger partial charge on any atom is -0.334 e. The summed E-state index contributed by atoms with van der Waals surface area (Å²) in [6.45, 7) is 1.59. The second-order valence-electron chi connectivity index (χ2n) is 5.65. The number of nitrogens with zero attached hydrogens (tertiary/aromatic N) is 2. The fourth-order valence-electron chi connectivity index (χ4n) is 2.28. The number of hydrogen-bond donors (Lipinski definition) is 0. The Hall–Kier alpha value is -2.52. The van der Waals surface area contributed by atoms with Crippen LogP contribution in [-0.4, -0.2) is 39.0 Å². The Bertz CT molecular complexity index is 1130. The van der Waals surface area contributed by atoms with Crippen molar-refractivity contribution in [2.45, 2.75) is 16.7 Å². The van der Waals surface area contributed by atoms with E-state index in [2.05, 4.69) is 10.1 Å². The Kier molecular flexibility index (Phi) is 4.68. The highest BCUT2D eigenvalue weighted by Crippen LogP contribution is 2.24. The van der Waals surface area contributed by atoms with Crippen LogP contribution in [0.25, 0.3) is 22.8 Å². The van der Waals surface area contributed by atoms with E-state index in [1.54, 1.807) is 31.2 Å². The van der Waals surface area contributed by atoms with Gasteiger partial charge in [0.05, 0.1) is 15.5 Å². The first kappa shape index (κ1) is 18.3. The Balaban J connectivity index is 1.88. The van der Waals surface area contributed by atoms with Gasteiger partial charge in [-0.25, -0.2) is 16.8 Å². The third kappa shape index (κ3) is 3.68. The van der Waals surface area contributed by atoms with Crippen LogP contribution in [0, 0.1) is 0 Å². The van der Waals surface area contributed by atoms with E-state index >= 15 is 0 Å². The zero-order valence-corrected chi connectivity index (χ0v) is 15.7. The van der Waals surface area contributed by atoms with Gasteiger partial charge in [0.15, 0.2) is 19.7 Å². The van der Waals surface area contributed by atoms with Crippen molar-refractivity contribution in [3.05, 3.63) is 48.5 Å². The molecule has 1 aromatic heterocycles.